The van der Waals surface area contributed by atoms with E-state index in [9.17, 15) is 0 Å². The summed E-state index contributed by atoms with van der Waals surface area (Å²) in [7, 11) is 0. The Bertz CT molecular complexity index is 3880. The zero-order valence-corrected chi connectivity index (χ0v) is 33.1. The lowest BCUT2D eigenvalue weighted by Crippen LogP contribution is -1.93. The highest BCUT2D eigenvalue weighted by Crippen LogP contribution is 2.44. The van der Waals surface area contributed by atoms with Crippen molar-refractivity contribution in [1.82, 2.24) is 14.4 Å². The van der Waals surface area contributed by atoms with E-state index in [0.717, 1.165) is 38.8 Å². The number of imidazole rings is 1. The van der Waals surface area contributed by atoms with Gasteiger partial charge in [0.2, 0.25) is 0 Å². The third-order valence-corrected chi connectivity index (χ3v) is 13.7. The van der Waals surface area contributed by atoms with Gasteiger partial charge in [-0.05, 0) is 90.1 Å². The molecule has 4 heterocycles. The number of hydrogen-bond donors (Lipinski definition) is 0. The Balaban J connectivity index is 0.886. The van der Waals surface area contributed by atoms with E-state index >= 15 is 0 Å². The van der Waals surface area contributed by atoms with Crippen LogP contribution in [0.1, 0.15) is 0 Å². The van der Waals surface area contributed by atoms with E-state index in [2.05, 4.69) is 199 Å². The maximum atomic E-state index is 5.25. The van der Waals surface area contributed by atoms with E-state index < -0.39 is 0 Å². The molecular weight excluding hydrogens is 747 g/mol. The maximum Gasteiger partial charge on any atom is 0.156 e. The number of para-hydroxylation sites is 2. The van der Waals surface area contributed by atoms with Crippen LogP contribution in [-0.4, -0.2) is 14.4 Å². The molecule has 4 heteroatoms. The molecule has 0 radical (unpaired) electrons. The molecule has 0 bridgehead atoms. The van der Waals surface area contributed by atoms with Gasteiger partial charge >= 0.3 is 0 Å². The molecule has 3 nitrogen and oxygen atoms in total. The number of thiophene rings is 1. The van der Waals surface area contributed by atoms with Gasteiger partial charge in [0.05, 0.1) is 26.9 Å². The van der Waals surface area contributed by atoms with E-state index in [1.54, 1.807) is 0 Å². The van der Waals surface area contributed by atoms with Gasteiger partial charge in [-0.25, -0.2) is 4.98 Å². The Morgan fingerprint density at radius 2 is 0.967 bits per heavy atom. The number of aromatic nitrogens is 3. The third kappa shape index (κ3) is 5.01. The standard InChI is InChI=1S/C56H33N3S/c1-4-12-44-35(9-1)25-28-48-49-32-53(59-52-16-8-7-15-50(52)58-56(59)55(49)60-54(44)48)38-23-21-37(22-24-38)43-30-29-42(45-13-5-6-14-46(43)45)36-19-17-34(18-20-36)39-26-27-47-41-11-3-2-10-40(41)33-57-51(47)31-39/h1-33H. The predicted molar refractivity (Wildman–Crippen MR) is 255 cm³/mol. The molecule has 9 aromatic carbocycles. The molecule has 0 saturated carbocycles. The van der Waals surface area contributed by atoms with Crippen molar-refractivity contribution in [3.05, 3.63) is 200 Å². The molecule has 0 atom stereocenters. The van der Waals surface area contributed by atoms with Crippen molar-refractivity contribution in [2.45, 2.75) is 0 Å². The fraction of sp³-hybridized carbons (Fsp3) is 0. The van der Waals surface area contributed by atoms with Crippen LogP contribution in [0, 0.1) is 0 Å². The second-order valence-electron chi connectivity index (χ2n) is 15.7. The van der Waals surface area contributed by atoms with Crippen LogP contribution in [0.15, 0.2) is 200 Å². The number of fused-ring (bicyclic) bond motifs is 13. The summed E-state index contributed by atoms with van der Waals surface area (Å²) in [5.74, 6) is 0. The first-order chi connectivity index (χ1) is 29.7. The first-order valence-corrected chi connectivity index (χ1v) is 21.2. The van der Waals surface area contributed by atoms with Crippen LogP contribution in [0.25, 0.3) is 125 Å². The molecule has 0 saturated heterocycles. The lowest BCUT2D eigenvalue weighted by Gasteiger charge is -2.14. The van der Waals surface area contributed by atoms with Crippen molar-refractivity contribution in [3.8, 4) is 44.6 Å². The summed E-state index contributed by atoms with van der Waals surface area (Å²) in [6.07, 6.45) is 1.97. The van der Waals surface area contributed by atoms with Gasteiger partial charge in [0.15, 0.2) is 5.65 Å². The summed E-state index contributed by atoms with van der Waals surface area (Å²) in [5, 5.41) is 11.1. The molecule has 278 valence electrons. The minimum Gasteiger partial charge on any atom is -0.291 e. The fourth-order valence-corrected chi connectivity index (χ4v) is 10.8. The van der Waals surface area contributed by atoms with Crippen LogP contribution >= 0.6 is 11.3 Å². The highest BCUT2D eigenvalue weighted by Gasteiger charge is 2.19. The first-order valence-electron chi connectivity index (χ1n) is 20.4. The van der Waals surface area contributed by atoms with Crippen molar-refractivity contribution in [2.75, 3.05) is 0 Å². The average Bonchev–Trinajstić information content (AvgIpc) is 3.90. The Hall–Kier alpha value is -7.66. The van der Waals surface area contributed by atoms with Gasteiger partial charge in [-0.1, -0.05) is 170 Å². The Labute approximate surface area is 349 Å². The van der Waals surface area contributed by atoms with Crippen LogP contribution in [0.3, 0.4) is 0 Å². The molecule has 0 aliphatic heterocycles. The van der Waals surface area contributed by atoms with Gasteiger partial charge < -0.3 is 0 Å². The molecule has 60 heavy (non-hydrogen) atoms. The molecule has 0 fully saturated rings. The molecule has 0 aliphatic carbocycles. The summed E-state index contributed by atoms with van der Waals surface area (Å²) < 4.78 is 4.89. The molecule has 4 aromatic heterocycles. The van der Waals surface area contributed by atoms with Gasteiger partial charge in [-0.2, -0.15) is 0 Å². The smallest absolute Gasteiger partial charge is 0.156 e. The first kappa shape index (κ1) is 33.3. The van der Waals surface area contributed by atoms with Gasteiger partial charge in [-0.3, -0.25) is 9.38 Å². The van der Waals surface area contributed by atoms with Crippen molar-refractivity contribution in [3.63, 3.8) is 0 Å². The molecular formula is C56H33N3S. The normalized spacial score (nSPS) is 12.0. The molecule has 0 aliphatic rings. The minimum absolute atomic E-state index is 1.01. The number of rotatable bonds is 4. The summed E-state index contributed by atoms with van der Waals surface area (Å²) >= 11 is 1.85. The zero-order chi connectivity index (χ0) is 39.3. The van der Waals surface area contributed by atoms with Crippen molar-refractivity contribution >= 4 is 91.4 Å². The van der Waals surface area contributed by atoms with Crippen LogP contribution in [-0.2, 0) is 0 Å². The molecule has 13 aromatic rings. The monoisotopic (exact) mass is 779 g/mol. The van der Waals surface area contributed by atoms with Crippen LogP contribution in [0.5, 0.6) is 0 Å². The van der Waals surface area contributed by atoms with Gasteiger partial charge in [0, 0.05) is 32.4 Å². The average molecular weight is 780 g/mol. The Kier molecular flexibility index (Phi) is 7.18. The summed E-state index contributed by atoms with van der Waals surface area (Å²) in [5.41, 5.74) is 13.6. The highest BCUT2D eigenvalue weighted by molar-refractivity contribution is 7.27. The summed E-state index contributed by atoms with van der Waals surface area (Å²) in [6.45, 7) is 0. The number of hydrogen-bond acceptors (Lipinski definition) is 3. The largest absolute Gasteiger partial charge is 0.291 e. The molecule has 13 rings (SSSR count). The lowest BCUT2D eigenvalue weighted by molar-refractivity contribution is 1.25. The number of benzene rings is 9. The predicted octanol–water partition coefficient (Wildman–Crippen LogP) is 15.5. The topological polar surface area (TPSA) is 30.2 Å². The fourth-order valence-electron chi connectivity index (χ4n) is 9.49. The molecule has 0 spiro atoms. The lowest BCUT2D eigenvalue weighted by atomic mass is 9.91. The Morgan fingerprint density at radius 3 is 1.73 bits per heavy atom. The number of nitrogens with zero attached hydrogens (tertiary/aromatic N) is 3. The van der Waals surface area contributed by atoms with Crippen LogP contribution in [0.2, 0.25) is 0 Å². The molecule has 0 unspecified atom stereocenters. The van der Waals surface area contributed by atoms with Crippen LogP contribution < -0.4 is 0 Å². The third-order valence-electron chi connectivity index (χ3n) is 12.4. The zero-order valence-electron chi connectivity index (χ0n) is 32.3. The van der Waals surface area contributed by atoms with E-state index in [1.807, 2.05) is 17.5 Å². The van der Waals surface area contributed by atoms with Gasteiger partial charge in [0.1, 0.15) is 0 Å². The van der Waals surface area contributed by atoms with E-state index in [4.69, 9.17) is 9.97 Å². The van der Waals surface area contributed by atoms with Crippen molar-refractivity contribution in [1.29, 1.82) is 0 Å². The van der Waals surface area contributed by atoms with Crippen LogP contribution in [0.4, 0.5) is 0 Å². The van der Waals surface area contributed by atoms with Gasteiger partial charge in [0.25, 0.3) is 0 Å². The van der Waals surface area contributed by atoms with E-state index in [0.29, 0.717) is 0 Å². The van der Waals surface area contributed by atoms with E-state index in [-0.39, 0.29) is 0 Å². The maximum absolute atomic E-state index is 5.25. The molecule has 0 N–H and O–H groups in total. The highest BCUT2D eigenvalue weighted by atomic mass is 32.1. The second-order valence-corrected chi connectivity index (χ2v) is 16.8. The summed E-state index contributed by atoms with van der Waals surface area (Å²) in [4.78, 5) is 10.0. The SMILES string of the molecule is c1ccc2c(c1)cnc1cc(-c3ccc(-c4ccc(-c5ccc(-c6cc7c8ccc9ccccc9c8sc7c7nc8ccccc8n67)cc5)c5ccccc45)cc3)ccc12. The number of pyridine rings is 2. The quantitative estimate of drug-likeness (QED) is 0.167. The minimum atomic E-state index is 1.01. The second kappa shape index (κ2) is 12.9. The Morgan fingerprint density at radius 1 is 0.367 bits per heavy atom. The van der Waals surface area contributed by atoms with Crippen molar-refractivity contribution in [2.24, 2.45) is 0 Å². The van der Waals surface area contributed by atoms with Gasteiger partial charge in [-0.15, -0.1) is 11.3 Å². The van der Waals surface area contributed by atoms with E-state index in [1.165, 1.54) is 85.9 Å². The molecule has 0 amide bonds. The van der Waals surface area contributed by atoms with Crippen molar-refractivity contribution < 1.29 is 0 Å². The summed E-state index contributed by atoms with van der Waals surface area (Å²) in [6, 6.07) is 70.6.